The van der Waals surface area contributed by atoms with Crippen molar-refractivity contribution in [1.82, 2.24) is 9.55 Å². The smallest absolute Gasteiger partial charge is 0.0840 e. The molecule has 0 radical (unpaired) electrons. The van der Waals surface area contributed by atoms with Crippen LogP contribution in [0.1, 0.15) is 42.1 Å². The highest BCUT2D eigenvalue weighted by Gasteiger charge is 2.23. The Morgan fingerprint density at radius 2 is 1.89 bits per heavy atom. The molecule has 0 amide bonds. The molecule has 2 heterocycles. The highest BCUT2D eigenvalue weighted by molar-refractivity contribution is 7.99. The van der Waals surface area contributed by atoms with Crippen molar-refractivity contribution < 1.29 is 5.11 Å². The molecule has 1 N–H and O–H groups in total. The molecule has 0 fully saturated rings. The topological polar surface area (TPSA) is 38.0 Å². The number of rotatable bonds is 6. The highest BCUT2D eigenvalue weighted by atomic mass is 35.5. The second-order valence-electron chi connectivity index (χ2n) is 6.75. The Morgan fingerprint density at radius 1 is 1.19 bits per heavy atom. The van der Waals surface area contributed by atoms with Gasteiger partial charge in [-0.25, -0.2) is 0 Å². The number of hydrogen-bond acceptors (Lipinski definition) is 3. The number of aromatic nitrogens is 2. The summed E-state index contributed by atoms with van der Waals surface area (Å²) in [4.78, 5) is 5.20. The molecule has 0 atom stereocenters. The van der Waals surface area contributed by atoms with Crippen molar-refractivity contribution in [2.24, 2.45) is 0 Å². The van der Waals surface area contributed by atoms with E-state index in [0.29, 0.717) is 16.6 Å². The van der Waals surface area contributed by atoms with Gasteiger partial charge in [-0.2, -0.15) is 0 Å². The number of aliphatic hydroxyl groups is 1. The van der Waals surface area contributed by atoms with Crippen LogP contribution in [0.4, 0.5) is 0 Å². The molecule has 0 aliphatic carbocycles. The summed E-state index contributed by atoms with van der Waals surface area (Å²) in [6, 6.07) is 9.56. The summed E-state index contributed by atoms with van der Waals surface area (Å²) in [6.07, 6.45) is 3.64. The average Bonchev–Trinajstić information content (AvgIpc) is 2.87. The van der Waals surface area contributed by atoms with E-state index in [1.54, 1.807) is 24.0 Å². The van der Waals surface area contributed by atoms with Gasteiger partial charge in [0.1, 0.15) is 0 Å². The van der Waals surface area contributed by atoms with E-state index in [4.69, 9.17) is 23.2 Å². The molecule has 3 aromatic rings. The molecule has 142 valence electrons. The molecule has 0 saturated carbocycles. The molecule has 0 aliphatic heterocycles. The molecule has 2 aromatic heterocycles. The number of halogens is 2. The number of nitrogens with zero attached hydrogens (tertiary/aromatic N) is 2. The summed E-state index contributed by atoms with van der Waals surface area (Å²) in [5.41, 5.74) is 4.34. The average molecular weight is 421 g/mol. The Morgan fingerprint density at radius 3 is 2.44 bits per heavy atom. The van der Waals surface area contributed by atoms with Gasteiger partial charge >= 0.3 is 0 Å². The van der Waals surface area contributed by atoms with E-state index >= 15 is 0 Å². The van der Waals surface area contributed by atoms with Crippen LogP contribution in [0, 0.1) is 6.92 Å². The maximum Gasteiger partial charge on any atom is 0.0840 e. The van der Waals surface area contributed by atoms with Crippen LogP contribution in [-0.4, -0.2) is 14.7 Å². The standard InChI is InChI=1S/C21H22Cl2N2OS/c1-13(2)20-19(12-26)14(3)25(11-15-5-4-6-24-10-15)21(20)27-18-8-16(22)7-17(23)9-18/h4-10,13,26H,11-12H2,1-3H3. The van der Waals surface area contributed by atoms with E-state index in [1.807, 2.05) is 24.4 Å². The largest absolute Gasteiger partial charge is 0.392 e. The van der Waals surface area contributed by atoms with Crippen molar-refractivity contribution in [3.05, 3.63) is 75.2 Å². The lowest BCUT2D eigenvalue weighted by Crippen LogP contribution is -2.04. The lowest BCUT2D eigenvalue weighted by Gasteiger charge is -2.14. The number of hydrogen-bond donors (Lipinski definition) is 1. The van der Waals surface area contributed by atoms with Gasteiger partial charge in [0.05, 0.1) is 11.6 Å². The lowest BCUT2D eigenvalue weighted by atomic mass is 10.0. The Balaban J connectivity index is 2.13. The molecular formula is C21H22Cl2N2OS. The minimum atomic E-state index is 0.0171. The Labute approximate surface area is 174 Å². The molecular weight excluding hydrogens is 399 g/mol. The summed E-state index contributed by atoms with van der Waals surface area (Å²) in [7, 11) is 0. The van der Waals surface area contributed by atoms with Crippen LogP contribution in [0.25, 0.3) is 0 Å². The summed E-state index contributed by atoms with van der Waals surface area (Å²) in [5, 5.41) is 12.4. The van der Waals surface area contributed by atoms with E-state index in [2.05, 4.69) is 36.4 Å². The Kier molecular flexibility index (Phi) is 6.53. The monoisotopic (exact) mass is 420 g/mol. The van der Waals surface area contributed by atoms with Gasteiger partial charge in [0.2, 0.25) is 0 Å². The first-order valence-corrected chi connectivity index (χ1v) is 10.3. The predicted molar refractivity (Wildman–Crippen MR) is 113 cm³/mol. The quantitative estimate of drug-likeness (QED) is 0.507. The first kappa shape index (κ1) is 20.3. The maximum absolute atomic E-state index is 10.0. The zero-order valence-corrected chi connectivity index (χ0v) is 17.9. The molecule has 1 aromatic carbocycles. The molecule has 0 spiro atoms. The van der Waals surface area contributed by atoms with Crippen LogP contribution in [0.3, 0.4) is 0 Å². The summed E-state index contributed by atoms with van der Waals surface area (Å²) >= 11 is 14.0. The van der Waals surface area contributed by atoms with Gasteiger partial charge in [0.15, 0.2) is 0 Å². The number of benzene rings is 1. The summed E-state index contributed by atoms with van der Waals surface area (Å²) in [6.45, 7) is 7.07. The highest BCUT2D eigenvalue weighted by Crippen LogP contribution is 2.41. The van der Waals surface area contributed by atoms with Crippen molar-refractivity contribution >= 4 is 35.0 Å². The molecule has 3 nitrogen and oxygen atoms in total. The lowest BCUT2D eigenvalue weighted by molar-refractivity contribution is 0.279. The number of aliphatic hydroxyl groups excluding tert-OH is 1. The van der Waals surface area contributed by atoms with E-state index in [-0.39, 0.29) is 12.5 Å². The fraction of sp³-hybridized carbons (Fsp3) is 0.286. The molecule has 27 heavy (non-hydrogen) atoms. The number of pyridine rings is 1. The van der Waals surface area contributed by atoms with Gasteiger partial charge in [-0.1, -0.05) is 54.9 Å². The first-order valence-electron chi connectivity index (χ1n) is 8.76. The van der Waals surface area contributed by atoms with Gasteiger partial charge in [-0.3, -0.25) is 4.98 Å². The second kappa shape index (κ2) is 8.70. The second-order valence-corrected chi connectivity index (χ2v) is 8.69. The van der Waals surface area contributed by atoms with E-state index < -0.39 is 0 Å². The van der Waals surface area contributed by atoms with Crippen molar-refractivity contribution in [1.29, 1.82) is 0 Å². The third-order valence-electron chi connectivity index (χ3n) is 4.49. The molecule has 0 saturated heterocycles. The van der Waals surface area contributed by atoms with Gasteiger partial charge in [0, 0.05) is 45.1 Å². The first-order chi connectivity index (χ1) is 12.9. The normalized spacial score (nSPS) is 11.4. The molecule has 0 unspecified atom stereocenters. The molecule has 6 heteroatoms. The minimum Gasteiger partial charge on any atom is -0.392 e. The van der Waals surface area contributed by atoms with E-state index in [9.17, 15) is 5.11 Å². The summed E-state index contributed by atoms with van der Waals surface area (Å²) < 4.78 is 2.25. The van der Waals surface area contributed by atoms with Crippen LogP contribution in [0.2, 0.25) is 10.0 Å². The van der Waals surface area contributed by atoms with Crippen molar-refractivity contribution in [2.75, 3.05) is 0 Å². The fourth-order valence-corrected chi connectivity index (χ4v) is 5.28. The van der Waals surface area contributed by atoms with E-state index in [1.165, 1.54) is 5.56 Å². The third-order valence-corrected chi connectivity index (χ3v) is 6.03. The van der Waals surface area contributed by atoms with Gasteiger partial charge in [0.25, 0.3) is 0 Å². The van der Waals surface area contributed by atoms with Crippen LogP contribution in [0.15, 0.2) is 52.6 Å². The maximum atomic E-state index is 10.0. The minimum absolute atomic E-state index is 0.0171. The molecule has 0 bridgehead atoms. The van der Waals surface area contributed by atoms with Gasteiger partial charge < -0.3 is 9.67 Å². The molecule has 3 rings (SSSR count). The zero-order chi connectivity index (χ0) is 19.6. The fourth-order valence-electron chi connectivity index (χ4n) is 3.25. The predicted octanol–water partition coefficient (Wildman–Crippen LogP) is 6.31. The molecule has 0 aliphatic rings. The third kappa shape index (κ3) is 4.52. The Hall–Kier alpha value is -1.46. The van der Waals surface area contributed by atoms with Crippen LogP contribution >= 0.6 is 35.0 Å². The van der Waals surface area contributed by atoms with Crippen molar-refractivity contribution in [2.45, 2.75) is 49.8 Å². The van der Waals surface area contributed by atoms with Crippen LogP contribution in [-0.2, 0) is 13.2 Å². The van der Waals surface area contributed by atoms with Crippen LogP contribution < -0.4 is 0 Å². The van der Waals surface area contributed by atoms with E-state index in [0.717, 1.165) is 26.7 Å². The SMILES string of the molecule is Cc1c(CO)c(C(C)C)c(Sc2cc(Cl)cc(Cl)c2)n1Cc1cccnc1. The zero-order valence-electron chi connectivity index (χ0n) is 15.5. The Bertz CT molecular complexity index is 919. The van der Waals surface area contributed by atoms with Gasteiger partial charge in [-0.05, 0) is 48.2 Å². The van der Waals surface area contributed by atoms with Gasteiger partial charge in [-0.15, -0.1) is 0 Å². The van der Waals surface area contributed by atoms with Crippen LogP contribution in [0.5, 0.6) is 0 Å². The summed E-state index contributed by atoms with van der Waals surface area (Å²) in [5.74, 6) is 0.276. The van der Waals surface area contributed by atoms with Crippen molar-refractivity contribution in [3.63, 3.8) is 0 Å². The van der Waals surface area contributed by atoms with Crippen molar-refractivity contribution in [3.8, 4) is 0 Å².